The lowest BCUT2D eigenvalue weighted by Crippen LogP contribution is -2.57. The van der Waals surface area contributed by atoms with Crippen LogP contribution in [0.1, 0.15) is 24.3 Å². The number of nitrogens with zero attached hydrogens (tertiary/aromatic N) is 2. The lowest BCUT2D eigenvalue weighted by Gasteiger charge is -2.38. The fourth-order valence-electron chi connectivity index (χ4n) is 2.40. The third-order valence-electron chi connectivity index (χ3n) is 3.80. The second-order valence-corrected chi connectivity index (χ2v) is 8.44. The first-order valence-electron chi connectivity index (χ1n) is 6.82. The molecule has 22 heavy (non-hydrogen) atoms. The van der Waals surface area contributed by atoms with Crippen LogP contribution in [0.5, 0.6) is 0 Å². The molecule has 3 rings (SSSR count). The van der Waals surface area contributed by atoms with E-state index in [4.69, 9.17) is 0 Å². The van der Waals surface area contributed by atoms with Crippen molar-refractivity contribution >= 4 is 56.9 Å². The molecule has 0 saturated carbocycles. The number of amides is 1. The summed E-state index contributed by atoms with van der Waals surface area (Å²) in [6.45, 7) is 5.77. The molecule has 0 aromatic carbocycles. The summed E-state index contributed by atoms with van der Waals surface area (Å²) < 4.78 is 1.07. The third kappa shape index (κ3) is 3.54. The van der Waals surface area contributed by atoms with E-state index in [-0.39, 0.29) is 24.4 Å². The van der Waals surface area contributed by atoms with Crippen molar-refractivity contribution in [3.63, 3.8) is 0 Å². The summed E-state index contributed by atoms with van der Waals surface area (Å²) in [7, 11) is 0. The molecule has 2 aromatic rings. The fourth-order valence-corrected chi connectivity index (χ4v) is 4.66. The molecule has 3 heterocycles. The topological polar surface area (TPSA) is 45.2 Å². The van der Waals surface area contributed by atoms with Crippen LogP contribution in [-0.4, -0.2) is 41.0 Å². The Labute approximate surface area is 152 Å². The molecule has 120 valence electrons. The largest absolute Gasteiger partial charge is 0.332 e. The normalized spacial score (nSPS) is 21.5. The Hall–Kier alpha value is -0.470. The zero-order valence-corrected chi connectivity index (χ0v) is 16.2. The van der Waals surface area contributed by atoms with Gasteiger partial charge in [0.05, 0.1) is 8.66 Å². The zero-order valence-electron chi connectivity index (χ0n) is 12.2. The molecule has 1 aliphatic rings. The Morgan fingerprint density at radius 2 is 2.23 bits per heavy atom. The summed E-state index contributed by atoms with van der Waals surface area (Å²) in [5.74, 6) is 0.0361. The lowest BCUT2D eigenvalue weighted by molar-refractivity contribution is 0.0598. The molecule has 0 bridgehead atoms. The van der Waals surface area contributed by atoms with E-state index >= 15 is 0 Å². The van der Waals surface area contributed by atoms with Gasteiger partial charge in [-0.3, -0.25) is 4.79 Å². The fraction of sp³-hybridized carbons (Fsp3) is 0.429. The minimum atomic E-state index is 0. The minimum Gasteiger partial charge on any atom is -0.332 e. The first kappa shape index (κ1) is 17.9. The van der Waals surface area contributed by atoms with Crippen LogP contribution in [0.25, 0.3) is 9.88 Å². The molecular weight excluding hydrogens is 406 g/mol. The van der Waals surface area contributed by atoms with Crippen LogP contribution in [0.4, 0.5) is 0 Å². The molecular formula is C14H17BrClN3OS2. The number of thiazole rings is 1. The number of hydrogen-bond acceptors (Lipinski definition) is 5. The van der Waals surface area contributed by atoms with E-state index in [1.165, 1.54) is 11.3 Å². The quantitative estimate of drug-likeness (QED) is 0.799. The molecule has 4 nitrogen and oxygen atoms in total. The lowest BCUT2D eigenvalue weighted by atomic mass is 10.1. The number of carbonyl (C=O) groups is 1. The van der Waals surface area contributed by atoms with E-state index in [1.54, 1.807) is 11.3 Å². The van der Waals surface area contributed by atoms with Crippen LogP contribution in [0.3, 0.4) is 0 Å². The van der Waals surface area contributed by atoms with Gasteiger partial charge in [0.15, 0.2) is 0 Å². The highest BCUT2D eigenvalue weighted by Crippen LogP contribution is 2.33. The molecule has 1 amide bonds. The van der Waals surface area contributed by atoms with Crippen LogP contribution in [0.15, 0.2) is 21.3 Å². The monoisotopic (exact) mass is 421 g/mol. The van der Waals surface area contributed by atoms with Crippen molar-refractivity contribution in [1.29, 1.82) is 0 Å². The number of thiophene rings is 1. The first-order chi connectivity index (χ1) is 10.1. The number of aromatic nitrogens is 1. The van der Waals surface area contributed by atoms with Gasteiger partial charge in [0.25, 0.3) is 5.91 Å². The van der Waals surface area contributed by atoms with E-state index in [9.17, 15) is 4.79 Å². The predicted molar refractivity (Wildman–Crippen MR) is 98.3 cm³/mol. The van der Waals surface area contributed by atoms with Crippen LogP contribution in [-0.2, 0) is 0 Å². The van der Waals surface area contributed by atoms with Gasteiger partial charge in [0, 0.05) is 30.6 Å². The van der Waals surface area contributed by atoms with Gasteiger partial charge in [-0.1, -0.05) is 0 Å². The zero-order chi connectivity index (χ0) is 15.0. The Balaban J connectivity index is 0.00000176. The number of halogens is 2. The van der Waals surface area contributed by atoms with Crippen LogP contribution < -0.4 is 5.32 Å². The van der Waals surface area contributed by atoms with Gasteiger partial charge >= 0.3 is 0 Å². The number of rotatable bonds is 2. The second kappa shape index (κ2) is 7.40. The maximum absolute atomic E-state index is 12.6. The maximum Gasteiger partial charge on any atom is 0.273 e. The Bertz CT molecular complexity index is 660. The highest BCUT2D eigenvalue weighted by Gasteiger charge is 2.30. The average Bonchev–Trinajstić information content (AvgIpc) is 3.09. The number of nitrogens with one attached hydrogen (secondary N) is 1. The van der Waals surface area contributed by atoms with Gasteiger partial charge in [0.2, 0.25) is 0 Å². The van der Waals surface area contributed by atoms with Gasteiger partial charge in [-0.05, 0) is 41.9 Å². The van der Waals surface area contributed by atoms with Crippen molar-refractivity contribution in [2.45, 2.75) is 25.9 Å². The molecule has 0 radical (unpaired) electrons. The summed E-state index contributed by atoms with van der Waals surface area (Å²) >= 11 is 6.61. The number of carbonyl (C=O) groups excluding carboxylic acids is 1. The number of piperazine rings is 1. The van der Waals surface area contributed by atoms with Crippen molar-refractivity contribution in [3.8, 4) is 9.88 Å². The van der Waals surface area contributed by atoms with Crippen molar-refractivity contribution in [2.24, 2.45) is 0 Å². The van der Waals surface area contributed by atoms with Crippen LogP contribution >= 0.6 is 51.0 Å². The average molecular weight is 423 g/mol. The van der Waals surface area contributed by atoms with Gasteiger partial charge in [0.1, 0.15) is 10.7 Å². The maximum atomic E-state index is 12.6. The molecule has 1 fully saturated rings. The molecule has 1 aliphatic heterocycles. The van der Waals surface area contributed by atoms with E-state index in [2.05, 4.69) is 40.1 Å². The van der Waals surface area contributed by atoms with Crippen molar-refractivity contribution in [1.82, 2.24) is 15.2 Å². The standard InChI is InChI=1S/C14H16BrN3OS2.ClH/c1-8-9(2)18(6-5-16-8)14(19)10-7-20-13(17-10)11-3-4-12(15)21-11;/h3-4,7-9,16H,5-6H2,1-2H3;1H. The summed E-state index contributed by atoms with van der Waals surface area (Å²) in [4.78, 5) is 20.2. The highest BCUT2D eigenvalue weighted by atomic mass is 79.9. The van der Waals surface area contributed by atoms with Gasteiger partial charge in [-0.2, -0.15) is 0 Å². The summed E-state index contributed by atoms with van der Waals surface area (Å²) in [6, 6.07) is 4.53. The van der Waals surface area contributed by atoms with E-state index in [1.807, 2.05) is 22.4 Å². The van der Waals surface area contributed by atoms with E-state index in [0.29, 0.717) is 11.7 Å². The predicted octanol–water partition coefficient (Wildman–Crippen LogP) is 3.88. The van der Waals surface area contributed by atoms with Crippen LogP contribution in [0.2, 0.25) is 0 Å². The molecule has 8 heteroatoms. The molecule has 2 aromatic heterocycles. The van der Waals surface area contributed by atoms with Crippen molar-refractivity contribution in [3.05, 3.63) is 27.0 Å². The van der Waals surface area contributed by atoms with Gasteiger partial charge in [-0.25, -0.2) is 4.98 Å². The summed E-state index contributed by atoms with van der Waals surface area (Å²) in [5, 5.41) is 6.16. The smallest absolute Gasteiger partial charge is 0.273 e. The summed E-state index contributed by atoms with van der Waals surface area (Å²) in [5.41, 5.74) is 0.556. The Morgan fingerprint density at radius 3 is 2.91 bits per heavy atom. The molecule has 1 saturated heterocycles. The van der Waals surface area contributed by atoms with Crippen molar-refractivity contribution in [2.75, 3.05) is 13.1 Å². The SMILES string of the molecule is CC1NCCN(C(=O)c2csc(-c3ccc(Br)s3)n2)C1C.Cl. The molecule has 2 atom stereocenters. The number of hydrogen-bond donors (Lipinski definition) is 1. The third-order valence-corrected chi connectivity index (χ3v) is 6.44. The minimum absolute atomic E-state index is 0. The van der Waals surface area contributed by atoms with Crippen molar-refractivity contribution < 1.29 is 4.79 Å². The second-order valence-electron chi connectivity index (χ2n) is 5.12. The van der Waals surface area contributed by atoms with Gasteiger partial charge < -0.3 is 10.2 Å². The first-order valence-corrected chi connectivity index (χ1v) is 9.31. The molecule has 0 spiro atoms. The molecule has 2 unspecified atom stereocenters. The summed E-state index contributed by atoms with van der Waals surface area (Å²) in [6.07, 6.45) is 0. The Morgan fingerprint density at radius 1 is 1.45 bits per heavy atom. The van der Waals surface area contributed by atoms with E-state index < -0.39 is 0 Å². The van der Waals surface area contributed by atoms with E-state index in [0.717, 1.165) is 26.8 Å². The molecule has 0 aliphatic carbocycles. The highest BCUT2D eigenvalue weighted by molar-refractivity contribution is 9.11. The van der Waals surface area contributed by atoms with Gasteiger partial charge in [-0.15, -0.1) is 35.1 Å². The Kier molecular flexibility index (Phi) is 6.01. The molecule has 1 N–H and O–H groups in total. The van der Waals surface area contributed by atoms with Crippen LogP contribution in [0, 0.1) is 0 Å².